The zero-order chi connectivity index (χ0) is 14.9. The summed E-state index contributed by atoms with van der Waals surface area (Å²) in [4.78, 5) is 14.8. The third-order valence-corrected chi connectivity index (χ3v) is 2.97. The first kappa shape index (κ1) is 14.1. The van der Waals surface area contributed by atoms with Gasteiger partial charge in [0.25, 0.3) is 0 Å². The molecule has 1 aromatic rings. The standard InChI is InChI=1S/C11H8F4N4O/c12-6-2-7(13)10(15)11(9(6)14)19-4-5(1-8(19)20)3-17-18-16/h2,5H,1,3-4H2. The Hall–Kier alpha value is -2.28. The number of amides is 1. The van der Waals surface area contributed by atoms with E-state index in [-0.39, 0.29) is 25.6 Å². The van der Waals surface area contributed by atoms with Crippen LogP contribution >= 0.6 is 0 Å². The number of carbonyl (C=O) groups excluding carboxylic acids is 1. The maximum Gasteiger partial charge on any atom is 0.227 e. The second-order valence-corrected chi connectivity index (χ2v) is 4.30. The third-order valence-electron chi connectivity index (χ3n) is 2.97. The van der Waals surface area contributed by atoms with E-state index >= 15 is 0 Å². The maximum absolute atomic E-state index is 13.6. The molecule has 20 heavy (non-hydrogen) atoms. The number of halogens is 4. The van der Waals surface area contributed by atoms with Crippen LogP contribution in [0.5, 0.6) is 0 Å². The van der Waals surface area contributed by atoms with Gasteiger partial charge in [0, 0.05) is 30.5 Å². The quantitative estimate of drug-likeness (QED) is 0.277. The molecule has 1 heterocycles. The van der Waals surface area contributed by atoms with E-state index in [0.717, 1.165) is 0 Å². The van der Waals surface area contributed by atoms with Gasteiger partial charge in [-0.3, -0.25) is 4.79 Å². The van der Waals surface area contributed by atoms with Gasteiger partial charge in [0.05, 0.1) is 0 Å². The van der Waals surface area contributed by atoms with Gasteiger partial charge < -0.3 is 4.90 Å². The van der Waals surface area contributed by atoms with Crippen molar-refractivity contribution in [3.63, 3.8) is 0 Å². The zero-order valence-corrected chi connectivity index (χ0v) is 9.98. The van der Waals surface area contributed by atoms with Crippen molar-refractivity contribution >= 4 is 11.6 Å². The normalized spacial score (nSPS) is 18.3. The summed E-state index contributed by atoms with van der Waals surface area (Å²) in [6, 6.07) is 0.0756. The minimum Gasteiger partial charge on any atom is -0.307 e. The molecule has 0 aromatic heterocycles. The first-order valence-corrected chi connectivity index (χ1v) is 5.60. The van der Waals surface area contributed by atoms with Crippen LogP contribution in [0.1, 0.15) is 6.42 Å². The highest BCUT2D eigenvalue weighted by molar-refractivity contribution is 5.96. The molecule has 0 spiro atoms. The lowest BCUT2D eigenvalue weighted by atomic mass is 10.1. The van der Waals surface area contributed by atoms with Crippen LogP contribution in [0.3, 0.4) is 0 Å². The molecule has 2 rings (SSSR count). The largest absolute Gasteiger partial charge is 0.307 e. The summed E-state index contributed by atoms with van der Waals surface area (Å²) in [5.41, 5.74) is 7.13. The number of hydrogen-bond acceptors (Lipinski definition) is 2. The van der Waals surface area contributed by atoms with E-state index in [2.05, 4.69) is 10.0 Å². The van der Waals surface area contributed by atoms with Gasteiger partial charge in [-0.15, -0.1) is 0 Å². The molecule has 1 saturated heterocycles. The van der Waals surface area contributed by atoms with Gasteiger partial charge in [0.2, 0.25) is 5.91 Å². The van der Waals surface area contributed by atoms with Crippen molar-refractivity contribution in [2.24, 2.45) is 11.0 Å². The van der Waals surface area contributed by atoms with Crippen molar-refractivity contribution in [3.8, 4) is 0 Å². The highest BCUT2D eigenvalue weighted by Gasteiger charge is 2.35. The number of anilines is 1. The zero-order valence-electron chi connectivity index (χ0n) is 9.98. The minimum atomic E-state index is -1.62. The topological polar surface area (TPSA) is 69.1 Å². The molecule has 0 aliphatic carbocycles. The van der Waals surface area contributed by atoms with Gasteiger partial charge in [0.1, 0.15) is 5.69 Å². The fourth-order valence-electron chi connectivity index (χ4n) is 2.07. The van der Waals surface area contributed by atoms with Crippen LogP contribution in [0, 0.1) is 29.2 Å². The van der Waals surface area contributed by atoms with Crippen molar-refractivity contribution in [2.75, 3.05) is 18.0 Å². The van der Waals surface area contributed by atoms with Crippen LogP contribution in [-0.2, 0) is 4.79 Å². The van der Waals surface area contributed by atoms with Gasteiger partial charge >= 0.3 is 0 Å². The molecule has 0 radical (unpaired) electrons. The molecule has 0 bridgehead atoms. The molecule has 1 amide bonds. The Balaban J connectivity index is 2.37. The Labute approximate surface area is 110 Å². The summed E-state index contributed by atoms with van der Waals surface area (Å²) < 4.78 is 53.4. The Morgan fingerprint density at radius 2 is 1.90 bits per heavy atom. The third kappa shape index (κ3) is 2.39. The first-order chi connectivity index (χ1) is 9.45. The number of rotatable bonds is 3. The second-order valence-electron chi connectivity index (χ2n) is 4.30. The summed E-state index contributed by atoms with van der Waals surface area (Å²) >= 11 is 0. The van der Waals surface area contributed by atoms with Crippen molar-refractivity contribution in [3.05, 3.63) is 39.8 Å². The van der Waals surface area contributed by atoms with Crippen molar-refractivity contribution in [1.29, 1.82) is 0 Å². The summed E-state index contributed by atoms with van der Waals surface area (Å²) in [7, 11) is 0. The first-order valence-electron chi connectivity index (χ1n) is 5.60. The maximum atomic E-state index is 13.6. The SMILES string of the molecule is [N-]=[N+]=NCC1CC(=O)N(c2c(F)c(F)cc(F)c2F)C1. The number of benzene rings is 1. The predicted octanol–water partition coefficient (Wildman–Crippen LogP) is 2.91. The molecule has 9 heteroatoms. The molecule has 1 atom stereocenters. The number of nitrogens with zero attached hydrogens (tertiary/aromatic N) is 4. The summed E-state index contributed by atoms with van der Waals surface area (Å²) in [5, 5.41) is 3.26. The summed E-state index contributed by atoms with van der Waals surface area (Å²) in [5.74, 6) is -7.55. The van der Waals surface area contributed by atoms with E-state index in [0.29, 0.717) is 4.90 Å². The van der Waals surface area contributed by atoms with Crippen LogP contribution in [0.15, 0.2) is 11.2 Å². The van der Waals surface area contributed by atoms with Crippen LogP contribution in [0.2, 0.25) is 0 Å². The van der Waals surface area contributed by atoms with Crippen molar-refractivity contribution < 1.29 is 22.4 Å². The van der Waals surface area contributed by atoms with E-state index in [1.54, 1.807) is 0 Å². The molecule has 5 nitrogen and oxygen atoms in total. The average molecular weight is 288 g/mol. The Morgan fingerprint density at radius 1 is 1.30 bits per heavy atom. The molecule has 1 fully saturated rings. The van der Waals surface area contributed by atoms with Crippen LogP contribution in [0.25, 0.3) is 10.4 Å². The minimum absolute atomic E-state index is 0.0419. The highest BCUT2D eigenvalue weighted by atomic mass is 19.2. The molecule has 1 unspecified atom stereocenters. The van der Waals surface area contributed by atoms with E-state index in [9.17, 15) is 22.4 Å². The molecular formula is C11H8F4N4O. The van der Waals surface area contributed by atoms with E-state index in [4.69, 9.17) is 5.53 Å². The molecule has 0 saturated carbocycles. The van der Waals surface area contributed by atoms with Gasteiger partial charge in [-0.2, -0.15) is 0 Å². The predicted molar refractivity (Wildman–Crippen MR) is 60.7 cm³/mol. The fourth-order valence-corrected chi connectivity index (χ4v) is 2.07. The molecule has 1 aromatic carbocycles. The van der Waals surface area contributed by atoms with Crippen molar-refractivity contribution in [1.82, 2.24) is 0 Å². The highest BCUT2D eigenvalue weighted by Crippen LogP contribution is 2.32. The Kier molecular flexibility index (Phi) is 3.80. The van der Waals surface area contributed by atoms with Crippen LogP contribution in [0.4, 0.5) is 23.2 Å². The number of carbonyl (C=O) groups is 1. The van der Waals surface area contributed by atoms with Gasteiger partial charge in [0.15, 0.2) is 23.3 Å². The lowest BCUT2D eigenvalue weighted by Crippen LogP contribution is -2.27. The number of hydrogen-bond donors (Lipinski definition) is 0. The van der Waals surface area contributed by atoms with Gasteiger partial charge in [-0.05, 0) is 11.4 Å². The van der Waals surface area contributed by atoms with Gasteiger partial charge in [-0.25, -0.2) is 17.6 Å². The average Bonchev–Trinajstić information content (AvgIpc) is 2.76. The molecular weight excluding hydrogens is 280 g/mol. The van der Waals surface area contributed by atoms with Gasteiger partial charge in [-0.1, -0.05) is 5.11 Å². The van der Waals surface area contributed by atoms with E-state index in [1.807, 2.05) is 0 Å². The Bertz CT molecular complexity index is 589. The van der Waals surface area contributed by atoms with E-state index in [1.165, 1.54) is 0 Å². The smallest absolute Gasteiger partial charge is 0.227 e. The molecule has 1 aliphatic heterocycles. The fraction of sp³-hybridized carbons (Fsp3) is 0.364. The Morgan fingerprint density at radius 3 is 2.45 bits per heavy atom. The van der Waals surface area contributed by atoms with E-state index < -0.39 is 40.8 Å². The summed E-state index contributed by atoms with van der Waals surface area (Å²) in [6.45, 7) is -0.214. The molecule has 0 N–H and O–H groups in total. The molecule has 106 valence electrons. The van der Waals surface area contributed by atoms with Crippen LogP contribution in [-0.4, -0.2) is 19.0 Å². The molecule has 1 aliphatic rings. The lowest BCUT2D eigenvalue weighted by Gasteiger charge is -2.18. The van der Waals surface area contributed by atoms with Crippen molar-refractivity contribution in [2.45, 2.75) is 6.42 Å². The second kappa shape index (κ2) is 5.38. The summed E-state index contributed by atoms with van der Waals surface area (Å²) in [6.07, 6.45) is -0.115. The van der Waals surface area contributed by atoms with Crippen LogP contribution < -0.4 is 4.90 Å². The lowest BCUT2D eigenvalue weighted by molar-refractivity contribution is -0.117. The number of azide groups is 1. The monoisotopic (exact) mass is 288 g/mol.